The average Bonchev–Trinajstić information content (AvgIpc) is 2.83. The second kappa shape index (κ2) is 9.25. The molecule has 8 nitrogen and oxygen atoms in total. The molecule has 1 atom stereocenters. The number of piperazine rings is 1. The molecule has 2 aromatic carbocycles. The highest BCUT2D eigenvalue weighted by molar-refractivity contribution is 5.83. The van der Waals surface area contributed by atoms with Crippen LogP contribution in [0.2, 0.25) is 0 Å². The van der Waals surface area contributed by atoms with Crippen LogP contribution >= 0.6 is 0 Å². The molecule has 0 spiro atoms. The van der Waals surface area contributed by atoms with Crippen LogP contribution in [0.15, 0.2) is 79.0 Å². The molecule has 1 aromatic heterocycles. The highest BCUT2D eigenvalue weighted by atomic mass is 16.6. The van der Waals surface area contributed by atoms with E-state index in [9.17, 15) is 14.9 Å². The molecule has 0 saturated carbocycles. The van der Waals surface area contributed by atoms with E-state index in [2.05, 4.69) is 4.98 Å². The summed E-state index contributed by atoms with van der Waals surface area (Å²) in [6, 6.07) is 21.9. The van der Waals surface area contributed by atoms with Gasteiger partial charge in [0.15, 0.2) is 0 Å². The molecule has 1 aliphatic heterocycles. The van der Waals surface area contributed by atoms with Gasteiger partial charge in [-0.15, -0.1) is 0 Å². The van der Waals surface area contributed by atoms with Crippen molar-refractivity contribution in [2.75, 3.05) is 31.1 Å². The smallest absolute Gasteiger partial charge is 0.287 e. The summed E-state index contributed by atoms with van der Waals surface area (Å²) in [5.74, 6) is 1.21. The normalized spacial score (nSPS) is 14.7. The number of hydrogen-bond donors (Lipinski definition) is 0. The molecular formula is C23H22N4O4. The van der Waals surface area contributed by atoms with Crippen molar-refractivity contribution in [3.8, 4) is 5.75 Å². The van der Waals surface area contributed by atoms with Gasteiger partial charge < -0.3 is 14.5 Å². The Kier molecular flexibility index (Phi) is 6.07. The Hall–Kier alpha value is -3.94. The van der Waals surface area contributed by atoms with Gasteiger partial charge in [-0.2, -0.15) is 0 Å². The van der Waals surface area contributed by atoms with Crippen LogP contribution in [0.5, 0.6) is 5.75 Å². The number of carbonyl (C=O) groups excluding carboxylic acids is 1. The highest BCUT2D eigenvalue weighted by Gasteiger charge is 2.30. The number of hydrogen-bond acceptors (Lipinski definition) is 6. The van der Waals surface area contributed by atoms with Gasteiger partial charge in [0, 0.05) is 37.8 Å². The Morgan fingerprint density at radius 3 is 2.16 bits per heavy atom. The first-order valence-corrected chi connectivity index (χ1v) is 10.0. The van der Waals surface area contributed by atoms with Crippen LogP contribution in [0.25, 0.3) is 0 Å². The van der Waals surface area contributed by atoms with Crippen molar-refractivity contribution in [3.63, 3.8) is 0 Å². The third-order valence-electron chi connectivity index (χ3n) is 5.18. The maximum absolute atomic E-state index is 13.4. The van der Waals surface area contributed by atoms with Crippen molar-refractivity contribution in [2.45, 2.75) is 6.10 Å². The number of amides is 1. The zero-order chi connectivity index (χ0) is 21.6. The monoisotopic (exact) mass is 418 g/mol. The van der Waals surface area contributed by atoms with Crippen molar-refractivity contribution in [1.82, 2.24) is 9.88 Å². The number of rotatable bonds is 6. The lowest BCUT2D eigenvalue weighted by Gasteiger charge is -2.37. The number of ether oxygens (including phenoxy) is 1. The van der Waals surface area contributed by atoms with Crippen LogP contribution in [0, 0.1) is 10.1 Å². The number of nitrogens with zero attached hydrogens (tertiary/aromatic N) is 4. The van der Waals surface area contributed by atoms with Gasteiger partial charge in [0.1, 0.15) is 17.8 Å². The molecule has 1 amide bonds. The van der Waals surface area contributed by atoms with E-state index in [1.807, 2.05) is 65.6 Å². The van der Waals surface area contributed by atoms with E-state index in [-0.39, 0.29) is 11.6 Å². The molecule has 0 aliphatic carbocycles. The number of aromatic nitrogens is 1. The maximum Gasteiger partial charge on any atom is 0.287 e. The standard InChI is InChI=1S/C23H22N4O4/c28-23(22(18-7-3-1-4-8-18)31-20-9-5-2-6-10-20)26-15-13-25(14-16-26)21-12-11-19(17-24-21)27(29)30/h1-12,17,22H,13-16H2. The minimum Gasteiger partial charge on any atom is -0.476 e. The van der Waals surface area contributed by atoms with Gasteiger partial charge in [0.2, 0.25) is 6.10 Å². The quantitative estimate of drug-likeness (QED) is 0.450. The molecule has 4 rings (SSSR count). The van der Waals surface area contributed by atoms with E-state index < -0.39 is 11.0 Å². The molecule has 0 N–H and O–H groups in total. The van der Waals surface area contributed by atoms with E-state index in [4.69, 9.17) is 4.74 Å². The lowest BCUT2D eigenvalue weighted by atomic mass is 10.1. The fraction of sp³-hybridized carbons (Fsp3) is 0.217. The first-order chi connectivity index (χ1) is 15.1. The largest absolute Gasteiger partial charge is 0.476 e. The lowest BCUT2D eigenvalue weighted by molar-refractivity contribution is -0.385. The van der Waals surface area contributed by atoms with Crippen LogP contribution in [0.3, 0.4) is 0 Å². The summed E-state index contributed by atoms with van der Waals surface area (Å²) >= 11 is 0. The van der Waals surface area contributed by atoms with E-state index in [1.165, 1.54) is 12.3 Å². The summed E-state index contributed by atoms with van der Waals surface area (Å²) in [6.07, 6.45) is 0.527. The molecule has 158 valence electrons. The summed E-state index contributed by atoms with van der Waals surface area (Å²) in [7, 11) is 0. The Labute approximate surface area is 179 Å². The number of benzene rings is 2. The number of para-hydroxylation sites is 1. The molecule has 1 unspecified atom stereocenters. The molecule has 3 aromatic rings. The molecule has 1 aliphatic rings. The van der Waals surface area contributed by atoms with Crippen molar-refractivity contribution < 1.29 is 14.5 Å². The first kappa shape index (κ1) is 20.3. The van der Waals surface area contributed by atoms with Gasteiger partial charge in [-0.1, -0.05) is 48.5 Å². The van der Waals surface area contributed by atoms with Crippen molar-refractivity contribution in [2.24, 2.45) is 0 Å². The summed E-state index contributed by atoms with van der Waals surface area (Å²) in [4.78, 5) is 31.7. The fourth-order valence-corrected chi connectivity index (χ4v) is 3.52. The molecular weight excluding hydrogens is 396 g/mol. The van der Waals surface area contributed by atoms with E-state index >= 15 is 0 Å². The van der Waals surface area contributed by atoms with Crippen LogP contribution in [-0.2, 0) is 4.79 Å². The van der Waals surface area contributed by atoms with Gasteiger partial charge in [-0.05, 0) is 18.2 Å². The maximum atomic E-state index is 13.4. The second-order valence-electron chi connectivity index (χ2n) is 7.17. The van der Waals surface area contributed by atoms with Gasteiger partial charge in [0.05, 0.1) is 4.92 Å². The summed E-state index contributed by atoms with van der Waals surface area (Å²) in [5, 5.41) is 10.8. The van der Waals surface area contributed by atoms with E-state index in [0.717, 1.165) is 5.56 Å². The molecule has 2 heterocycles. The highest BCUT2D eigenvalue weighted by Crippen LogP contribution is 2.25. The minimum atomic E-state index is -0.729. The lowest BCUT2D eigenvalue weighted by Crippen LogP contribution is -2.50. The summed E-state index contributed by atoms with van der Waals surface area (Å²) in [6.45, 7) is 2.20. The van der Waals surface area contributed by atoms with Crippen molar-refractivity contribution in [1.29, 1.82) is 0 Å². The van der Waals surface area contributed by atoms with Gasteiger partial charge >= 0.3 is 0 Å². The Bertz CT molecular complexity index is 1020. The third-order valence-corrected chi connectivity index (χ3v) is 5.18. The minimum absolute atomic E-state index is 0.0404. The number of carbonyl (C=O) groups is 1. The van der Waals surface area contributed by atoms with Gasteiger partial charge in [-0.25, -0.2) is 4.98 Å². The number of nitro groups is 1. The van der Waals surface area contributed by atoms with Crippen molar-refractivity contribution in [3.05, 3.63) is 94.7 Å². The predicted octanol–water partition coefficient (Wildman–Crippen LogP) is 3.46. The second-order valence-corrected chi connectivity index (χ2v) is 7.17. The molecule has 1 saturated heterocycles. The third kappa shape index (κ3) is 4.80. The molecule has 0 radical (unpaired) electrons. The van der Waals surface area contributed by atoms with Crippen LogP contribution in [0.4, 0.5) is 11.5 Å². The first-order valence-electron chi connectivity index (χ1n) is 10.0. The summed E-state index contributed by atoms with van der Waals surface area (Å²) in [5.41, 5.74) is 0.761. The SMILES string of the molecule is O=C(C(Oc1ccccc1)c1ccccc1)N1CCN(c2ccc([N+](=O)[O-])cn2)CC1. The average molecular weight is 418 g/mol. The molecule has 0 bridgehead atoms. The van der Waals surface area contributed by atoms with Crippen LogP contribution in [0.1, 0.15) is 11.7 Å². The Balaban J connectivity index is 1.45. The van der Waals surface area contributed by atoms with Gasteiger partial charge in [-0.3, -0.25) is 14.9 Å². The van der Waals surface area contributed by atoms with E-state index in [0.29, 0.717) is 37.7 Å². The van der Waals surface area contributed by atoms with Crippen LogP contribution < -0.4 is 9.64 Å². The number of pyridine rings is 1. The zero-order valence-electron chi connectivity index (χ0n) is 16.8. The molecule has 1 fully saturated rings. The summed E-state index contributed by atoms with van der Waals surface area (Å²) < 4.78 is 6.08. The predicted molar refractivity (Wildman–Crippen MR) is 116 cm³/mol. The fourth-order valence-electron chi connectivity index (χ4n) is 3.52. The van der Waals surface area contributed by atoms with Gasteiger partial charge in [0.25, 0.3) is 11.6 Å². The molecule has 31 heavy (non-hydrogen) atoms. The zero-order valence-corrected chi connectivity index (χ0v) is 16.8. The Morgan fingerprint density at radius 1 is 0.935 bits per heavy atom. The number of anilines is 1. The van der Waals surface area contributed by atoms with Crippen LogP contribution in [-0.4, -0.2) is 46.9 Å². The molecule has 8 heteroatoms. The van der Waals surface area contributed by atoms with Crippen molar-refractivity contribution >= 4 is 17.4 Å². The Morgan fingerprint density at radius 2 is 1.58 bits per heavy atom. The van der Waals surface area contributed by atoms with E-state index in [1.54, 1.807) is 11.0 Å². The topological polar surface area (TPSA) is 88.8 Å².